The highest BCUT2D eigenvalue weighted by atomic mass is 79.9. The minimum absolute atomic E-state index is 0.0593. The fraction of sp³-hybridized carbons (Fsp3) is 0.294. The number of alkyl halides is 3. The smallest absolute Gasteiger partial charge is 0.387 e. The highest BCUT2D eigenvalue weighted by Gasteiger charge is 2.16. The lowest BCUT2D eigenvalue weighted by Gasteiger charge is -2.13. The highest BCUT2D eigenvalue weighted by molar-refractivity contribution is 9.09. The van der Waals surface area contributed by atoms with Gasteiger partial charge in [-0.1, -0.05) is 46.3 Å². The molecule has 0 N–H and O–H groups in total. The lowest BCUT2D eigenvalue weighted by Crippen LogP contribution is -2.02. The molecule has 0 aliphatic heterocycles. The summed E-state index contributed by atoms with van der Waals surface area (Å²) in [5.74, 6) is 0.183. The van der Waals surface area contributed by atoms with E-state index in [0.717, 1.165) is 12.0 Å². The first-order chi connectivity index (χ1) is 10.1. The molecule has 2 aromatic rings. The molecule has 0 spiro atoms. The Labute approximate surface area is 131 Å². The van der Waals surface area contributed by atoms with Crippen LogP contribution in [0.15, 0.2) is 42.5 Å². The third-order valence-corrected chi connectivity index (χ3v) is 4.87. The van der Waals surface area contributed by atoms with Gasteiger partial charge in [-0.25, -0.2) is 0 Å². The molecule has 0 saturated carbocycles. The molecule has 0 fully saturated rings. The Hall–Kier alpha value is -1.42. The van der Waals surface area contributed by atoms with E-state index in [4.69, 9.17) is 0 Å². The second-order valence-electron chi connectivity index (χ2n) is 5.19. The van der Waals surface area contributed by atoms with E-state index in [1.165, 1.54) is 29.5 Å². The number of hydrogen-bond acceptors (Lipinski definition) is 1. The van der Waals surface area contributed by atoms with Crippen LogP contribution in [0.25, 0.3) is 0 Å². The van der Waals surface area contributed by atoms with E-state index in [9.17, 15) is 8.78 Å². The van der Waals surface area contributed by atoms with Crippen molar-refractivity contribution in [1.29, 1.82) is 0 Å². The Morgan fingerprint density at radius 3 is 2.29 bits per heavy atom. The van der Waals surface area contributed by atoms with Crippen LogP contribution >= 0.6 is 15.9 Å². The molecule has 0 saturated heterocycles. The SMILES string of the molecule is FC(F)Oc1ccc(C(Br)c2ccc3c(c2)CCC3)cc1. The van der Waals surface area contributed by atoms with Gasteiger partial charge in [-0.15, -0.1) is 0 Å². The minimum Gasteiger partial charge on any atom is -0.435 e. The summed E-state index contributed by atoms with van der Waals surface area (Å²) >= 11 is 3.69. The number of ether oxygens (including phenoxy) is 1. The van der Waals surface area contributed by atoms with Gasteiger partial charge in [-0.3, -0.25) is 0 Å². The molecule has 3 rings (SSSR count). The predicted molar refractivity (Wildman–Crippen MR) is 82.3 cm³/mol. The number of aryl methyl sites for hydroxylation is 2. The number of halogens is 3. The van der Waals surface area contributed by atoms with Crippen LogP contribution < -0.4 is 4.74 Å². The fourth-order valence-corrected chi connectivity index (χ4v) is 3.35. The normalized spacial score (nSPS) is 15.0. The predicted octanol–water partition coefficient (Wildman–Crippen LogP) is 5.26. The molecule has 0 radical (unpaired) electrons. The Morgan fingerprint density at radius 2 is 1.57 bits per heavy atom. The maximum Gasteiger partial charge on any atom is 0.387 e. The molecule has 21 heavy (non-hydrogen) atoms. The molecule has 0 bridgehead atoms. The van der Waals surface area contributed by atoms with E-state index in [1.807, 2.05) is 12.1 Å². The molecule has 1 nitrogen and oxygen atoms in total. The van der Waals surface area contributed by atoms with Gasteiger partial charge in [0.15, 0.2) is 0 Å². The number of rotatable bonds is 4. The summed E-state index contributed by atoms with van der Waals surface area (Å²) in [7, 11) is 0. The minimum atomic E-state index is -2.78. The van der Waals surface area contributed by atoms with Crippen molar-refractivity contribution in [1.82, 2.24) is 0 Å². The maximum absolute atomic E-state index is 12.1. The van der Waals surface area contributed by atoms with Gasteiger partial charge in [0.05, 0.1) is 4.83 Å². The summed E-state index contributed by atoms with van der Waals surface area (Å²) in [5.41, 5.74) is 5.08. The van der Waals surface area contributed by atoms with E-state index >= 15 is 0 Å². The Bertz CT molecular complexity index is 625. The first kappa shape index (κ1) is 14.5. The topological polar surface area (TPSA) is 9.23 Å². The third kappa shape index (κ3) is 3.26. The molecule has 2 aromatic carbocycles. The van der Waals surface area contributed by atoms with Crippen molar-refractivity contribution in [3.05, 3.63) is 64.7 Å². The van der Waals surface area contributed by atoms with Crippen LogP contribution in [0.3, 0.4) is 0 Å². The van der Waals surface area contributed by atoms with Crippen LogP contribution in [0.4, 0.5) is 8.78 Å². The maximum atomic E-state index is 12.1. The third-order valence-electron chi connectivity index (χ3n) is 3.81. The molecule has 1 atom stereocenters. The monoisotopic (exact) mass is 352 g/mol. The van der Waals surface area contributed by atoms with Crippen molar-refractivity contribution in [2.45, 2.75) is 30.7 Å². The number of hydrogen-bond donors (Lipinski definition) is 0. The first-order valence-corrected chi connectivity index (χ1v) is 7.85. The Morgan fingerprint density at radius 1 is 0.905 bits per heavy atom. The van der Waals surface area contributed by atoms with E-state index in [2.05, 4.69) is 38.9 Å². The summed E-state index contributed by atoms with van der Waals surface area (Å²) in [4.78, 5) is 0.0593. The largest absolute Gasteiger partial charge is 0.435 e. The summed E-state index contributed by atoms with van der Waals surface area (Å²) in [5, 5.41) is 0. The molecule has 1 aliphatic carbocycles. The molecule has 0 heterocycles. The van der Waals surface area contributed by atoms with Gasteiger partial charge < -0.3 is 4.74 Å². The van der Waals surface area contributed by atoms with Gasteiger partial charge in [0.1, 0.15) is 5.75 Å². The lowest BCUT2D eigenvalue weighted by atomic mass is 10.0. The zero-order chi connectivity index (χ0) is 14.8. The second-order valence-corrected chi connectivity index (χ2v) is 6.11. The fourth-order valence-electron chi connectivity index (χ4n) is 2.76. The first-order valence-electron chi connectivity index (χ1n) is 6.94. The van der Waals surface area contributed by atoms with Crippen LogP contribution in [0, 0.1) is 0 Å². The van der Waals surface area contributed by atoms with Crippen molar-refractivity contribution in [3.63, 3.8) is 0 Å². The zero-order valence-electron chi connectivity index (χ0n) is 11.4. The van der Waals surface area contributed by atoms with Crippen LogP contribution in [0.5, 0.6) is 5.75 Å². The van der Waals surface area contributed by atoms with Crippen molar-refractivity contribution >= 4 is 15.9 Å². The Balaban J connectivity index is 1.79. The average Bonchev–Trinajstić information content (AvgIpc) is 2.94. The molecule has 1 unspecified atom stereocenters. The molecule has 1 aliphatic rings. The summed E-state index contributed by atoms with van der Waals surface area (Å²) in [6.07, 6.45) is 3.54. The molecular formula is C17H15BrF2O. The second kappa shape index (κ2) is 6.14. The van der Waals surface area contributed by atoms with Gasteiger partial charge in [0.25, 0.3) is 0 Å². The van der Waals surface area contributed by atoms with Crippen molar-refractivity contribution in [3.8, 4) is 5.75 Å². The quantitative estimate of drug-likeness (QED) is 0.681. The van der Waals surface area contributed by atoms with E-state index in [0.29, 0.717) is 0 Å². The molecule has 4 heteroatoms. The van der Waals surface area contributed by atoms with Gasteiger partial charge >= 0.3 is 6.61 Å². The standard InChI is InChI=1S/C17H15BrF2O/c18-16(12-6-8-15(9-7-12)21-17(19)20)14-5-4-11-2-1-3-13(11)10-14/h4-10,16-17H,1-3H2. The summed E-state index contributed by atoms with van der Waals surface area (Å²) in [6, 6.07) is 13.3. The summed E-state index contributed by atoms with van der Waals surface area (Å²) in [6.45, 7) is -2.78. The van der Waals surface area contributed by atoms with Gasteiger partial charge in [-0.05, 0) is 53.6 Å². The van der Waals surface area contributed by atoms with E-state index < -0.39 is 6.61 Å². The number of benzene rings is 2. The van der Waals surface area contributed by atoms with Crippen LogP contribution in [-0.4, -0.2) is 6.61 Å². The summed E-state index contributed by atoms with van der Waals surface area (Å²) < 4.78 is 28.6. The van der Waals surface area contributed by atoms with Crippen LogP contribution in [-0.2, 0) is 12.8 Å². The van der Waals surface area contributed by atoms with Gasteiger partial charge in [0.2, 0.25) is 0 Å². The molecule has 0 amide bonds. The van der Waals surface area contributed by atoms with Crippen molar-refractivity contribution in [2.24, 2.45) is 0 Å². The molecule has 110 valence electrons. The van der Waals surface area contributed by atoms with Crippen molar-refractivity contribution < 1.29 is 13.5 Å². The Kier molecular flexibility index (Phi) is 4.24. The average molecular weight is 353 g/mol. The lowest BCUT2D eigenvalue weighted by molar-refractivity contribution is -0.0498. The highest BCUT2D eigenvalue weighted by Crippen LogP contribution is 2.34. The molecule has 0 aromatic heterocycles. The molecular weight excluding hydrogens is 338 g/mol. The van der Waals surface area contributed by atoms with Gasteiger partial charge in [0, 0.05) is 0 Å². The van der Waals surface area contributed by atoms with Gasteiger partial charge in [-0.2, -0.15) is 8.78 Å². The van der Waals surface area contributed by atoms with Crippen molar-refractivity contribution in [2.75, 3.05) is 0 Å². The van der Waals surface area contributed by atoms with E-state index in [-0.39, 0.29) is 10.6 Å². The zero-order valence-corrected chi connectivity index (χ0v) is 12.9. The van der Waals surface area contributed by atoms with E-state index in [1.54, 1.807) is 12.1 Å². The van der Waals surface area contributed by atoms with Crippen LogP contribution in [0.2, 0.25) is 0 Å². The van der Waals surface area contributed by atoms with Crippen LogP contribution in [0.1, 0.15) is 33.5 Å². The number of fused-ring (bicyclic) bond motifs is 1.